The summed E-state index contributed by atoms with van der Waals surface area (Å²) in [5, 5.41) is 6.96. The van der Waals surface area contributed by atoms with Crippen molar-refractivity contribution in [3.05, 3.63) is 120 Å². The van der Waals surface area contributed by atoms with Gasteiger partial charge in [-0.15, -0.1) is 0 Å². The number of furan rings is 1. The van der Waals surface area contributed by atoms with Gasteiger partial charge in [0.1, 0.15) is 11.2 Å². The highest BCUT2D eigenvalue weighted by Gasteiger charge is 2.17. The summed E-state index contributed by atoms with van der Waals surface area (Å²) in [6, 6.07) is 34.4. The third-order valence-corrected chi connectivity index (χ3v) is 8.13. The number of rotatable bonds is 2. The van der Waals surface area contributed by atoms with Crippen LogP contribution in [0.5, 0.6) is 0 Å². The van der Waals surface area contributed by atoms with E-state index >= 15 is 0 Å². The first-order valence-electron chi connectivity index (χ1n) is 13.7. The van der Waals surface area contributed by atoms with Gasteiger partial charge in [0.25, 0.3) is 0 Å². The first-order chi connectivity index (χ1) is 19.6. The molecule has 0 aliphatic heterocycles. The van der Waals surface area contributed by atoms with Crippen molar-refractivity contribution in [3.63, 3.8) is 0 Å². The van der Waals surface area contributed by atoms with Gasteiger partial charge in [0, 0.05) is 27.1 Å². The van der Waals surface area contributed by atoms with Crippen LogP contribution in [0.15, 0.2) is 108 Å². The number of hydrogen-bond donors (Lipinski definition) is 0. The lowest BCUT2D eigenvalue weighted by Gasteiger charge is -2.13. The zero-order chi connectivity index (χ0) is 27.0. The van der Waals surface area contributed by atoms with Gasteiger partial charge in [0.15, 0.2) is 0 Å². The normalized spacial score (nSPS) is 11.9. The second-order valence-electron chi connectivity index (χ2n) is 10.8. The summed E-state index contributed by atoms with van der Waals surface area (Å²) in [4.78, 5) is 10.3. The second kappa shape index (κ2) is 8.49. The molecular formula is C37H26N2O. The Morgan fingerprint density at radius 2 is 1.10 bits per heavy atom. The number of hydrogen-bond acceptors (Lipinski definition) is 3. The Morgan fingerprint density at radius 1 is 0.525 bits per heavy atom. The lowest BCUT2D eigenvalue weighted by molar-refractivity contribution is 0.662. The molecule has 0 fully saturated rings. The van der Waals surface area contributed by atoms with Gasteiger partial charge in [-0.25, -0.2) is 4.98 Å². The molecule has 0 atom stereocenters. The van der Waals surface area contributed by atoms with Crippen LogP contribution in [0.3, 0.4) is 0 Å². The average molecular weight is 515 g/mol. The minimum atomic E-state index is 0.866. The molecular weight excluding hydrogens is 488 g/mol. The standard InChI is InChI=1S/C37H26N2O/c1-21-16-22(2)36-31(17-21)32-19-24(18-23(3)37(32)40-36)25-10-4-7-13-28(25)33-20-38-34-29-14-8-5-11-26(29)27-12-6-9-15-30(27)35(34)39-33/h4-20H,1-3H3. The molecule has 0 amide bonds. The van der Waals surface area contributed by atoms with E-state index in [0.717, 1.165) is 66.3 Å². The molecule has 0 spiro atoms. The Labute approximate surface area is 231 Å². The maximum absolute atomic E-state index is 6.38. The molecule has 2 heterocycles. The van der Waals surface area contributed by atoms with Crippen LogP contribution in [0.2, 0.25) is 0 Å². The molecule has 0 saturated carbocycles. The first-order valence-corrected chi connectivity index (χ1v) is 13.7. The molecule has 0 unspecified atom stereocenters. The highest BCUT2D eigenvalue weighted by Crippen LogP contribution is 2.40. The summed E-state index contributed by atoms with van der Waals surface area (Å²) in [5.74, 6) is 0. The van der Waals surface area contributed by atoms with Gasteiger partial charge >= 0.3 is 0 Å². The van der Waals surface area contributed by atoms with E-state index < -0.39 is 0 Å². The van der Waals surface area contributed by atoms with Crippen LogP contribution >= 0.6 is 0 Å². The summed E-state index contributed by atoms with van der Waals surface area (Å²) in [6.45, 7) is 6.39. The van der Waals surface area contributed by atoms with Crippen molar-refractivity contribution in [2.75, 3.05) is 0 Å². The van der Waals surface area contributed by atoms with Crippen molar-refractivity contribution in [1.82, 2.24) is 9.97 Å². The van der Waals surface area contributed by atoms with Crippen molar-refractivity contribution in [1.29, 1.82) is 0 Å². The number of fused-ring (bicyclic) bond motifs is 9. The van der Waals surface area contributed by atoms with Gasteiger partial charge in [-0.2, -0.15) is 0 Å². The van der Waals surface area contributed by atoms with Gasteiger partial charge in [0.05, 0.1) is 22.9 Å². The third kappa shape index (κ3) is 3.31. The highest BCUT2D eigenvalue weighted by molar-refractivity contribution is 6.23. The van der Waals surface area contributed by atoms with Crippen molar-refractivity contribution >= 4 is 54.5 Å². The SMILES string of the molecule is Cc1cc(C)c2oc3c(C)cc(-c4ccccc4-c4cnc5c6ccccc6c6ccccc6c5n4)cc3c2c1. The molecule has 0 saturated heterocycles. The van der Waals surface area contributed by atoms with E-state index in [0.29, 0.717) is 0 Å². The molecule has 6 aromatic carbocycles. The Hall–Kier alpha value is -5.02. The monoisotopic (exact) mass is 514 g/mol. The fourth-order valence-electron chi connectivity index (χ4n) is 6.37. The van der Waals surface area contributed by atoms with Crippen LogP contribution in [-0.2, 0) is 0 Å². The van der Waals surface area contributed by atoms with Gasteiger partial charge in [0.2, 0.25) is 0 Å². The van der Waals surface area contributed by atoms with E-state index in [1.54, 1.807) is 0 Å². The summed E-state index contributed by atoms with van der Waals surface area (Å²) >= 11 is 0. The van der Waals surface area contributed by atoms with Crippen LogP contribution in [-0.4, -0.2) is 9.97 Å². The molecule has 8 rings (SSSR count). The molecule has 0 radical (unpaired) electrons. The lowest BCUT2D eigenvalue weighted by atomic mass is 9.94. The van der Waals surface area contributed by atoms with Crippen molar-refractivity contribution < 1.29 is 4.42 Å². The summed E-state index contributed by atoms with van der Waals surface area (Å²) in [6.07, 6.45) is 1.92. The quantitative estimate of drug-likeness (QED) is 0.215. The Balaban J connectivity index is 1.39. The number of aromatic nitrogens is 2. The first kappa shape index (κ1) is 22.9. The van der Waals surface area contributed by atoms with Gasteiger partial charge < -0.3 is 4.42 Å². The van der Waals surface area contributed by atoms with Gasteiger partial charge in [-0.3, -0.25) is 4.98 Å². The molecule has 0 N–H and O–H groups in total. The molecule has 8 aromatic rings. The summed E-state index contributed by atoms with van der Waals surface area (Å²) < 4.78 is 6.38. The summed E-state index contributed by atoms with van der Waals surface area (Å²) in [5.41, 5.74) is 11.5. The van der Waals surface area contributed by atoms with Crippen molar-refractivity contribution in [2.45, 2.75) is 20.8 Å². The molecule has 0 aliphatic carbocycles. The van der Waals surface area contributed by atoms with E-state index in [1.165, 1.54) is 27.3 Å². The molecule has 190 valence electrons. The molecule has 40 heavy (non-hydrogen) atoms. The molecule has 0 aliphatic rings. The van der Waals surface area contributed by atoms with Crippen LogP contribution < -0.4 is 0 Å². The zero-order valence-corrected chi connectivity index (χ0v) is 22.6. The largest absolute Gasteiger partial charge is 0.456 e. The fraction of sp³-hybridized carbons (Fsp3) is 0.0811. The number of nitrogens with zero attached hydrogens (tertiary/aromatic N) is 2. The van der Waals surface area contributed by atoms with Crippen LogP contribution in [0.1, 0.15) is 16.7 Å². The molecule has 2 aromatic heterocycles. The van der Waals surface area contributed by atoms with Crippen molar-refractivity contribution in [3.8, 4) is 22.4 Å². The Bertz CT molecular complexity index is 2270. The lowest BCUT2D eigenvalue weighted by Crippen LogP contribution is -1.94. The Kier molecular flexibility index (Phi) is 4.86. The second-order valence-corrected chi connectivity index (χ2v) is 10.8. The summed E-state index contributed by atoms with van der Waals surface area (Å²) in [7, 11) is 0. The smallest absolute Gasteiger partial charge is 0.138 e. The number of aryl methyl sites for hydroxylation is 3. The van der Waals surface area contributed by atoms with Crippen LogP contribution in [0.4, 0.5) is 0 Å². The maximum Gasteiger partial charge on any atom is 0.138 e. The van der Waals surface area contributed by atoms with E-state index in [1.807, 2.05) is 6.20 Å². The minimum absolute atomic E-state index is 0.866. The molecule has 3 nitrogen and oxygen atoms in total. The topological polar surface area (TPSA) is 38.9 Å². The van der Waals surface area contributed by atoms with Gasteiger partial charge in [-0.1, -0.05) is 78.9 Å². The van der Waals surface area contributed by atoms with Crippen molar-refractivity contribution in [2.24, 2.45) is 0 Å². The maximum atomic E-state index is 6.38. The minimum Gasteiger partial charge on any atom is -0.456 e. The predicted molar refractivity (Wildman–Crippen MR) is 167 cm³/mol. The predicted octanol–water partition coefficient (Wildman–Crippen LogP) is 10.1. The highest BCUT2D eigenvalue weighted by atomic mass is 16.3. The Morgan fingerprint density at radius 3 is 1.82 bits per heavy atom. The van der Waals surface area contributed by atoms with E-state index in [4.69, 9.17) is 14.4 Å². The third-order valence-electron chi connectivity index (χ3n) is 8.13. The van der Waals surface area contributed by atoms with Gasteiger partial charge in [-0.05, 0) is 77.6 Å². The molecule has 3 heteroatoms. The van der Waals surface area contributed by atoms with E-state index in [-0.39, 0.29) is 0 Å². The van der Waals surface area contributed by atoms with E-state index in [9.17, 15) is 0 Å². The number of benzene rings is 6. The van der Waals surface area contributed by atoms with Crippen LogP contribution in [0, 0.1) is 20.8 Å². The van der Waals surface area contributed by atoms with Crippen LogP contribution in [0.25, 0.3) is 76.9 Å². The zero-order valence-electron chi connectivity index (χ0n) is 22.6. The van der Waals surface area contributed by atoms with E-state index in [2.05, 4.69) is 118 Å². The average Bonchev–Trinajstić information content (AvgIpc) is 3.36. The fourth-order valence-corrected chi connectivity index (χ4v) is 6.37. The molecule has 0 bridgehead atoms.